The minimum absolute atomic E-state index is 0.575. The smallest absolute Gasteiger partial charge is 0.204 e. The molecule has 3 heterocycles. The average molecular weight is 242 g/mol. The zero-order valence-electron chi connectivity index (χ0n) is 10.6. The Kier molecular flexibility index (Phi) is 2.14. The fourth-order valence-corrected chi connectivity index (χ4v) is 3.52. The summed E-state index contributed by atoms with van der Waals surface area (Å²) >= 11 is 0. The highest BCUT2D eigenvalue weighted by Gasteiger charge is 2.42. The molecule has 0 spiro atoms. The molecule has 3 unspecified atom stereocenters. The molecule has 0 amide bonds. The van der Waals surface area contributed by atoms with Crippen LogP contribution in [0.5, 0.6) is 0 Å². The second-order valence-electron chi connectivity index (χ2n) is 5.55. The van der Waals surface area contributed by atoms with Gasteiger partial charge >= 0.3 is 0 Å². The Morgan fingerprint density at radius 3 is 3.00 bits per heavy atom. The Labute approximate surface area is 106 Å². The van der Waals surface area contributed by atoms with E-state index in [0.717, 1.165) is 48.5 Å². The molecule has 3 atom stereocenters. The number of aromatic nitrogens is 2. The van der Waals surface area contributed by atoms with Crippen molar-refractivity contribution in [1.29, 1.82) is 0 Å². The van der Waals surface area contributed by atoms with E-state index in [-0.39, 0.29) is 0 Å². The standard InChI is InChI=1S/C14H18N4/c1-9-11-7-15-6-10(11)8-18(9)14-16-12-4-2-3-5-13(12)17-14/h2-5,9-11,15H,6-8H2,1H3,(H,16,17). The minimum atomic E-state index is 0.575. The summed E-state index contributed by atoms with van der Waals surface area (Å²) < 4.78 is 0. The second-order valence-corrected chi connectivity index (χ2v) is 5.55. The second kappa shape index (κ2) is 3.72. The van der Waals surface area contributed by atoms with Crippen molar-refractivity contribution in [3.05, 3.63) is 24.3 Å². The van der Waals surface area contributed by atoms with E-state index in [1.165, 1.54) is 0 Å². The summed E-state index contributed by atoms with van der Waals surface area (Å²) in [7, 11) is 0. The molecule has 2 aliphatic heterocycles. The summed E-state index contributed by atoms with van der Waals surface area (Å²) in [6, 6.07) is 8.83. The van der Waals surface area contributed by atoms with Crippen LogP contribution < -0.4 is 10.2 Å². The van der Waals surface area contributed by atoms with Crippen molar-refractivity contribution in [2.75, 3.05) is 24.5 Å². The number of benzene rings is 1. The lowest BCUT2D eigenvalue weighted by Crippen LogP contribution is -2.33. The van der Waals surface area contributed by atoms with Crippen molar-refractivity contribution in [1.82, 2.24) is 15.3 Å². The van der Waals surface area contributed by atoms with Gasteiger partial charge in [0.25, 0.3) is 0 Å². The lowest BCUT2D eigenvalue weighted by molar-refractivity contribution is 0.471. The maximum absolute atomic E-state index is 4.72. The van der Waals surface area contributed by atoms with Gasteiger partial charge in [0.15, 0.2) is 0 Å². The van der Waals surface area contributed by atoms with Crippen molar-refractivity contribution >= 4 is 17.0 Å². The van der Waals surface area contributed by atoms with Crippen molar-refractivity contribution in [2.45, 2.75) is 13.0 Å². The molecule has 94 valence electrons. The lowest BCUT2D eigenvalue weighted by atomic mass is 9.95. The molecule has 2 N–H and O–H groups in total. The predicted octanol–water partition coefficient (Wildman–Crippen LogP) is 1.61. The number of H-pyrrole nitrogens is 1. The number of nitrogens with one attached hydrogen (secondary N) is 2. The van der Waals surface area contributed by atoms with Crippen LogP contribution >= 0.6 is 0 Å². The maximum atomic E-state index is 4.72. The van der Waals surface area contributed by atoms with E-state index < -0.39 is 0 Å². The number of aromatic amines is 1. The Hall–Kier alpha value is -1.55. The number of hydrogen-bond acceptors (Lipinski definition) is 3. The number of rotatable bonds is 1. The van der Waals surface area contributed by atoms with E-state index >= 15 is 0 Å². The number of hydrogen-bond donors (Lipinski definition) is 2. The first kappa shape index (κ1) is 10.4. The summed E-state index contributed by atoms with van der Waals surface area (Å²) in [6.45, 7) is 5.76. The van der Waals surface area contributed by atoms with Gasteiger partial charge in [-0.15, -0.1) is 0 Å². The first-order valence-electron chi connectivity index (χ1n) is 6.75. The summed E-state index contributed by atoms with van der Waals surface area (Å²) in [5.74, 6) is 2.60. The van der Waals surface area contributed by atoms with E-state index in [2.05, 4.69) is 40.3 Å². The van der Waals surface area contributed by atoms with Gasteiger partial charge in [-0.3, -0.25) is 0 Å². The Morgan fingerprint density at radius 1 is 1.28 bits per heavy atom. The van der Waals surface area contributed by atoms with Gasteiger partial charge in [-0.2, -0.15) is 0 Å². The molecule has 0 saturated carbocycles. The highest BCUT2D eigenvalue weighted by Crippen LogP contribution is 2.35. The molecule has 4 rings (SSSR count). The molecule has 2 aromatic rings. The maximum Gasteiger partial charge on any atom is 0.204 e. The third-order valence-corrected chi connectivity index (χ3v) is 4.58. The van der Waals surface area contributed by atoms with Crippen molar-refractivity contribution in [3.63, 3.8) is 0 Å². The molecule has 0 aliphatic carbocycles. The number of anilines is 1. The average Bonchev–Trinajstić information content (AvgIpc) is 3.04. The predicted molar refractivity (Wildman–Crippen MR) is 72.8 cm³/mol. The fraction of sp³-hybridized carbons (Fsp3) is 0.500. The Bertz CT molecular complexity index is 543. The van der Waals surface area contributed by atoms with Gasteiger partial charge in [0.05, 0.1) is 11.0 Å². The molecule has 2 fully saturated rings. The monoisotopic (exact) mass is 242 g/mol. The molecule has 0 bridgehead atoms. The molecule has 4 heteroatoms. The first-order chi connectivity index (χ1) is 8.83. The molecule has 1 aromatic carbocycles. The van der Waals surface area contributed by atoms with Crippen LogP contribution in [-0.4, -0.2) is 35.6 Å². The van der Waals surface area contributed by atoms with Crippen LogP contribution in [0.15, 0.2) is 24.3 Å². The van der Waals surface area contributed by atoms with E-state index in [1.807, 2.05) is 6.07 Å². The molecule has 0 radical (unpaired) electrons. The fourth-order valence-electron chi connectivity index (χ4n) is 3.52. The van der Waals surface area contributed by atoms with Gasteiger partial charge in [-0.25, -0.2) is 4.98 Å². The highest BCUT2D eigenvalue weighted by atomic mass is 15.3. The normalized spacial score (nSPS) is 31.2. The van der Waals surface area contributed by atoms with Crippen LogP contribution in [0.3, 0.4) is 0 Å². The SMILES string of the molecule is CC1C2CNCC2CN1c1nc2ccccc2[nH]1. The highest BCUT2D eigenvalue weighted by molar-refractivity contribution is 5.77. The van der Waals surface area contributed by atoms with Crippen LogP contribution in [0.4, 0.5) is 5.95 Å². The number of fused-ring (bicyclic) bond motifs is 2. The van der Waals surface area contributed by atoms with Gasteiger partial charge in [-0.1, -0.05) is 12.1 Å². The Balaban J connectivity index is 1.71. The van der Waals surface area contributed by atoms with E-state index in [0.29, 0.717) is 6.04 Å². The van der Waals surface area contributed by atoms with Crippen LogP contribution in [0.1, 0.15) is 6.92 Å². The minimum Gasteiger partial charge on any atom is -0.339 e. The van der Waals surface area contributed by atoms with E-state index in [4.69, 9.17) is 4.98 Å². The lowest BCUT2D eigenvalue weighted by Gasteiger charge is -2.23. The van der Waals surface area contributed by atoms with Crippen molar-refractivity contribution in [3.8, 4) is 0 Å². The summed E-state index contributed by atoms with van der Waals surface area (Å²) in [5.41, 5.74) is 2.20. The molecule has 2 saturated heterocycles. The molecular formula is C14H18N4. The first-order valence-corrected chi connectivity index (χ1v) is 6.75. The molecule has 2 aliphatic rings. The third kappa shape index (κ3) is 1.38. The van der Waals surface area contributed by atoms with Crippen molar-refractivity contribution < 1.29 is 0 Å². The number of nitrogens with zero attached hydrogens (tertiary/aromatic N) is 2. The molecule has 18 heavy (non-hydrogen) atoms. The summed E-state index contributed by atoms with van der Waals surface area (Å²) in [5, 5.41) is 3.50. The van der Waals surface area contributed by atoms with E-state index in [1.54, 1.807) is 0 Å². The summed E-state index contributed by atoms with van der Waals surface area (Å²) in [6.07, 6.45) is 0. The molecule has 4 nitrogen and oxygen atoms in total. The Morgan fingerprint density at radius 2 is 2.17 bits per heavy atom. The van der Waals surface area contributed by atoms with Gasteiger partial charge < -0.3 is 15.2 Å². The molecule has 1 aromatic heterocycles. The number of para-hydroxylation sites is 2. The zero-order valence-corrected chi connectivity index (χ0v) is 10.6. The van der Waals surface area contributed by atoms with Crippen molar-refractivity contribution in [2.24, 2.45) is 11.8 Å². The van der Waals surface area contributed by atoms with Crippen LogP contribution in [-0.2, 0) is 0 Å². The number of imidazole rings is 1. The van der Waals surface area contributed by atoms with Gasteiger partial charge in [0.2, 0.25) is 5.95 Å². The van der Waals surface area contributed by atoms with Crippen LogP contribution in [0, 0.1) is 11.8 Å². The van der Waals surface area contributed by atoms with Crippen LogP contribution in [0.2, 0.25) is 0 Å². The largest absolute Gasteiger partial charge is 0.339 e. The topological polar surface area (TPSA) is 44.0 Å². The van der Waals surface area contributed by atoms with Gasteiger partial charge in [0.1, 0.15) is 0 Å². The zero-order chi connectivity index (χ0) is 12.1. The van der Waals surface area contributed by atoms with E-state index in [9.17, 15) is 0 Å². The van der Waals surface area contributed by atoms with Gasteiger partial charge in [0, 0.05) is 25.7 Å². The molecular weight excluding hydrogens is 224 g/mol. The summed E-state index contributed by atoms with van der Waals surface area (Å²) in [4.78, 5) is 10.6. The quantitative estimate of drug-likeness (QED) is 0.798. The van der Waals surface area contributed by atoms with Gasteiger partial charge in [-0.05, 0) is 30.9 Å². The third-order valence-electron chi connectivity index (χ3n) is 4.58. The van der Waals surface area contributed by atoms with Crippen LogP contribution in [0.25, 0.3) is 11.0 Å².